The minimum Gasteiger partial charge on any atom is -0.491 e. The van der Waals surface area contributed by atoms with Gasteiger partial charge in [-0.3, -0.25) is 4.79 Å². The second kappa shape index (κ2) is 7.12. The van der Waals surface area contributed by atoms with Crippen LogP contribution >= 0.6 is 0 Å². The Balaban J connectivity index is 1.76. The number of hydrogen-bond donors (Lipinski definition) is 2. The van der Waals surface area contributed by atoms with E-state index in [9.17, 15) is 4.79 Å². The largest absolute Gasteiger partial charge is 0.491 e. The first-order valence-corrected chi connectivity index (χ1v) is 6.68. The van der Waals surface area contributed by atoms with Gasteiger partial charge in [0, 0.05) is 13.1 Å². The van der Waals surface area contributed by atoms with Gasteiger partial charge in [-0.25, -0.2) is 0 Å². The number of nitrogens with two attached hydrogens (primary N) is 1. The van der Waals surface area contributed by atoms with Crippen LogP contribution in [0, 0.1) is 0 Å². The maximum Gasteiger partial charge on any atom is 0.226 e. The molecular weight excluding hydrogens is 260 g/mol. The summed E-state index contributed by atoms with van der Waals surface area (Å²) in [6.45, 7) is 1.67. The zero-order chi connectivity index (χ0) is 14.4. The van der Waals surface area contributed by atoms with Crippen molar-refractivity contribution in [1.29, 1.82) is 0 Å². The highest BCUT2D eigenvalue weighted by Crippen LogP contribution is 2.19. The maximum absolute atomic E-state index is 12.0. The molecule has 1 fully saturated rings. The van der Waals surface area contributed by atoms with Crippen molar-refractivity contribution >= 4 is 11.6 Å². The normalized spacial score (nSPS) is 18.9. The molecule has 2 rings (SSSR count). The summed E-state index contributed by atoms with van der Waals surface area (Å²) in [6, 6.07) is 7.19. The van der Waals surface area contributed by atoms with Crippen molar-refractivity contribution in [2.24, 2.45) is 0 Å². The number of aliphatic hydroxyl groups is 1. The fourth-order valence-corrected chi connectivity index (χ4v) is 2.07. The summed E-state index contributed by atoms with van der Waals surface area (Å²) in [5.74, 6) is 0.594. The Morgan fingerprint density at radius 3 is 3.05 bits per heavy atom. The molecule has 1 aromatic rings. The number of nitrogen functional groups attached to an aromatic ring is 1. The van der Waals surface area contributed by atoms with Crippen LogP contribution in [0.15, 0.2) is 24.3 Å². The average molecular weight is 280 g/mol. The van der Waals surface area contributed by atoms with E-state index in [1.165, 1.54) is 0 Å². The number of nitrogens with zero attached hydrogens (tertiary/aromatic N) is 1. The van der Waals surface area contributed by atoms with Gasteiger partial charge in [-0.1, -0.05) is 12.1 Å². The van der Waals surface area contributed by atoms with Crippen LogP contribution in [0.5, 0.6) is 5.75 Å². The number of hydrogen-bond acceptors (Lipinski definition) is 5. The summed E-state index contributed by atoms with van der Waals surface area (Å²) in [6.07, 6.45) is 0.00494. The number of aliphatic hydroxyl groups excluding tert-OH is 1. The summed E-state index contributed by atoms with van der Waals surface area (Å²) in [5.41, 5.74) is 6.31. The summed E-state index contributed by atoms with van der Waals surface area (Å²) in [5, 5.41) is 9.04. The molecule has 0 aromatic heterocycles. The third-order valence-corrected chi connectivity index (χ3v) is 3.19. The summed E-state index contributed by atoms with van der Waals surface area (Å²) in [4.78, 5) is 13.7. The number of benzene rings is 1. The molecule has 1 heterocycles. The molecule has 6 nitrogen and oxygen atoms in total. The zero-order valence-electron chi connectivity index (χ0n) is 11.3. The van der Waals surface area contributed by atoms with Gasteiger partial charge in [-0.05, 0) is 12.1 Å². The molecule has 20 heavy (non-hydrogen) atoms. The van der Waals surface area contributed by atoms with Crippen LogP contribution in [0.4, 0.5) is 5.69 Å². The molecule has 1 aromatic carbocycles. The predicted molar refractivity (Wildman–Crippen MR) is 74.4 cm³/mol. The van der Waals surface area contributed by atoms with E-state index in [0.717, 1.165) is 0 Å². The van der Waals surface area contributed by atoms with E-state index in [4.69, 9.17) is 20.3 Å². The molecule has 0 aliphatic carbocycles. The number of morpholine rings is 1. The van der Waals surface area contributed by atoms with E-state index < -0.39 is 0 Å². The molecule has 0 saturated carbocycles. The fourth-order valence-electron chi connectivity index (χ4n) is 2.07. The Hall–Kier alpha value is -1.79. The van der Waals surface area contributed by atoms with E-state index in [1.807, 2.05) is 12.1 Å². The first-order chi connectivity index (χ1) is 9.70. The molecule has 0 radical (unpaired) electrons. The quantitative estimate of drug-likeness (QED) is 0.756. The van der Waals surface area contributed by atoms with Gasteiger partial charge in [-0.2, -0.15) is 0 Å². The van der Waals surface area contributed by atoms with E-state index in [0.29, 0.717) is 31.1 Å². The van der Waals surface area contributed by atoms with Crippen LogP contribution in [-0.2, 0) is 9.53 Å². The number of rotatable bonds is 5. The number of amides is 1. The smallest absolute Gasteiger partial charge is 0.226 e. The molecule has 6 heteroatoms. The number of ether oxygens (including phenoxy) is 2. The minimum atomic E-state index is -0.279. The molecule has 1 aliphatic heterocycles. The van der Waals surface area contributed by atoms with Gasteiger partial charge in [0.25, 0.3) is 0 Å². The molecule has 1 aliphatic rings. The van der Waals surface area contributed by atoms with Crippen LogP contribution in [0.25, 0.3) is 0 Å². The van der Waals surface area contributed by atoms with Gasteiger partial charge < -0.3 is 25.2 Å². The van der Waals surface area contributed by atoms with Gasteiger partial charge in [0.2, 0.25) is 5.91 Å². The molecule has 0 spiro atoms. The number of anilines is 1. The molecule has 1 unspecified atom stereocenters. The number of para-hydroxylation sites is 2. The van der Waals surface area contributed by atoms with Crippen molar-refractivity contribution in [2.45, 2.75) is 12.5 Å². The fraction of sp³-hybridized carbons (Fsp3) is 0.500. The first-order valence-electron chi connectivity index (χ1n) is 6.68. The Labute approximate surface area is 118 Å². The standard InChI is InChI=1S/C14H20N2O4/c15-12-3-1-2-4-13(12)20-7-5-14(18)16-6-8-19-11(9-16)10-17/h1-4,11,17H,5-10,15H2. The Bertz CT molecular complexity index is 453. The number of carbonyl (C=O) groups is 1. The van der Waals surface area contributed by atoms with E-state index in [2.05, 4.69) is 0 Å². The van der Waals surface area contributed by atoms with Crippen molar-refractivity contribution < 1.29 is 19.4 Å². The van der Waals surface area contributed by atoms with Gasteiger partial charge >= 0.3 is 0 Å². The van der Waals surface area contributed by atoms with Gasteiger partial charge in [-0.15, -0.1) is 0 Å². The molecule has 3 N–H and O–H groups in total. The Morgan fingerprint density at radius 1 is 1.50 bits per heavy atom. The summed E-state index contributed by atoms with van der Waals surface area (Å²) in [7, 11) is 0. The lowest BCUT2D eigenvalue weighted by molar-refractivity contribution is -0.140. The monoisotopic (exact) mass is 280 g/mol. The lowest BCUT2D eigenvalue weighted by atomic mass is 10.2. The van der Waals surface area contributed by atoms with Crippen LogP contribution in [0.1, 0.15) is 6.42 Å². The van der Waals surface area contributed by atoms with Crippen LogP contribution < -0.4 is 10.5 Å². The van der Waals surface area contributed by atoms with Crippen LogP contribution in [0.3, 0.4) is 0 Å². The van der Waals surface area contributed by atoms with Crippen LogP contribution in [-0.4, -0.2) is 54.9 Å². The second-order valence-electron chi connectivity index (χ2n) is 4.65. The summed E-state index contributed by atoms with van der Waals surface area (Å²) < 4.78 is 10.8. The van der Waals surface area contributed by atoms with Gasteiger partial charge in [0.1, 0.15) is 5.75 Å². The van der Waals surface area contributed by atoms with E-state index in [1.54, 1.807) is 17.0 Å². The molecule has 1 saturated heterocycles. The van der Waals surface area contributed by atoms with Crippen molar-refractivity contribution in [1.82, 2.24) is 4.90 Å². The van der Waals surface area contributed by atoms with Gasteiger partial charge in [0.15, 0.2) is 0 Å². The molecular formula is C14H20N2O4. The Morgan fingerprint density at radius 2 is 2.30 bits per heavy atom. The third-order valence-electron chi connectivity index (χ3n) is 3.19. The first kappa shape index (κ1) is 14.6. The lowest BCUT2D eigenvalue weighted by Crippen LogP contribution is -2.47. The average Bonchev–Trinajstić information content (AvgIpc) is 2.49. The van der Waals surface area contributed by atoms with Crippen molar-refractivity contribution in [3.63, 3.8) is 0 Å². The molecule has 0 bridgehead atoms. The Kier molecular flexibility index (Phi) is 5.20. The highest BCUT2D eigenvalue weighted by molar-refractivity contribution is 5.76. The highest BCUT2D eigenvalue weighted by Gasteiger charge is 2.23. The predicted octanol–water partition coefficient (Wildman–Crippen LogP) is 0.257. The summed E-state index contributed by atoms with van der Waals surface area (Å²) >= 11 is 0. The SMILES string of the molecule is Nc1ccccc1OCCC(=O)N1CCOC(CO)C1. The van der Waals surface area contributed by atoms with Crippen LogP contribution in [0.2, 0.25) is 0 Å². The maximum atomic E-state index is 12.0. The second-order valence-corrected chi connectivity index (χ2v) is 4.65. The zero-order valence-corrected chi connectivity index (χ0v) is 11.3. The number of carbonyl (C=O) groups excluding carboxylic acids is 1. The molecule has 110 valence electrons. The van der Waals surface area contributed by atoms with E-state index in [-0.39, 0.29) is 31.6 Å². The topological polar surface area (TPSA) is 85.0 Å². The van der Waals surface area contributed by atoms with Crippen molar-refractivity contribution in [3.05, 3.63) is 24.3 Å². The highest BCUT2D eigenvalue weighted by atomic mass is 16.5. The van der Waals surface area contributed by atoms with Crippen molar-refractivity contribution in [3.8, 4) is 5.75 Å². The lowest BCUT2D eigenvalue weighted by Gasteiger charge is -2.32. The van der Waals surface area contributed by atoms with Crippen molar-refractivity contribution in [2.75, 3.05) is 38.6 Å². The third kappa shape index (κ3) is 3.85. The minimum absolute atomic E-state index is 0.00116. The molecule has 1 amide bonds. The molecule has 1 atom stereocenters. The van der Waals surface area contributed by atoms with Gasteiger partial charge in [0.05, 0.1) is 38.0 Å². The van der Waals surface area contributed by atoms with E-state index >= 15 is 0 Å².